The number of aliphatic imine (C=N–C) groups is 1. The van der Waals surface area contributed by atoms with Gasteiger partial charge in [-0.25, -0.2) is 0 Å². The first-order chi connectivity index (χ1) is 11.7. The van der Waals surface area contributed by atoms with Crippen LogP contribution in [-0.2, 0) is 13.0 Å². The molecule has 6 nitrogen and oxygen atoms in total. The molecule has 2 N–H and O–H groups in total. The van der Waals surface area contributed by atoms with Gasteiger partial charge in [-0.3, -0.25) is 20.2 Å². The number of hydrogen-bond donors (Lipinski definition) is 2. The van der Waals surface area contributed by atoms with Crippen molar-refractivity contribution in [2.24, 2.45) is 4.99 Å². The highest BCUT2D eigenvalue weighted by Gasteiger charge is 2.12. The van der Waals surface area contributed by atoms with Crippen molar-refractivity contribution in [3.05, 3.63) is 29.6 Å². The Morgan fingerprint density at radius 2 is 2.29 bits per heavy atom. The van der Waals surface area contributed by atoms with Crippen LogP contribution in [0.3, 0.4) is 0 Å². The SMILES string of the molecule is CSC(=NCC(O)Cc1cc(CN2CCCCC2)ccn1)NC#N. The monoisotopic (exact) mass is 347 g/mol. The van der Waals surface area contributed by atoms with Crippen molar-refractivity contribution in [1.82, 2.24) is 15.2 Å². The molecule has 2 rings (SSSR count). The fourth-order valence-electron chi connectivity index (χ4n) is 2.81. The van der Waals surface area contributed by atoms with Crippen LogP contribution in [0.2, 0.25) is 0 Å². The van der Waals surface area contributed by atoms with Crippen molar-refractivity contribution in [3.8, 4) is 6.19 Å². The molecular weight excluding hydrogens is 322 g/mol. The lowest BCUT2D eigenvalue weighted by Crippen LogP contribution is -2.29. The van der Waals surface area contributed by atoms with Gasteiger partial charge in [0.1, 0.15) is 0 Å². The van der Waals surface area contributed by atoms with Gasteiger partial charge >= 0.3 is 0 Å². The molecule has 1 saturated heterocycles. The van der Waals surface area contributed by atoms with E-state index in [0.29, 0.717) is 11.6 Å². The summed E-state index contributed by atoms with van der Waals surface area (Å²) in [6, 6.07) is 4.12. The van der Waals surface area contributed by atoms with E-state index < -0.39 is 6.10 Å². The Kier molecular flexibility index (Phi) is 8.02. The number of hydrogen-bond acceptors (Lipinski definition) is 6. The topological polar surface area (TPSA) is 84.5 Å². The molecule has 0 spiro atoms. The van der Waals surface area contributed by atoms with Crippen molar-refractivity contribution in [3.63, 3.8) is 0 Å². The molecule has 1 aromatic rings. The summed E-state index contributed by atoms with van der Waals surface area (Å²) in [6.45, 7) is 3.53. The van der Waals surface area contributed by atoms with Gasteiger partial charge < -0.3 is 5.11 Å². The van der Waals surface area contributed by atoms with Gasteiger partial charge in [0, 0.05) is 24.9 Å². The van der Waals surface area contributed by atoms with Gasteiger partial charge in [-0.1, -0.05) is 18.2 Å². The van der Waals surface area contributed by atoms with Gasteiger partial charge in [-0.2, -0.15) is 5.26 Å². The Hall–Kier alpha value is -1.62. The van der Waals surface area contributed by atoms with Gasteiger partial charge in [0.25, 0.3) is 0 Å². The van der Waals surface area contributed by atoms with Crippen LogP contribution >= 0.6 is 11.8 Å². The number of likely N-dealkylation sites (tertiary alicyclic amines) is 1. The second-order valence-electron chi connectivity index (χ2n) is 5.94. The summed E-state index contributed by atoms with van der Waals surface area (Å²) >= 11 is 1.35. The van der Waals surface area contributed by atoms with Crippen LogP contribution in [0.25, 0.3) is 0 Å². The molecule has 24 heavy (non-hydrogen) atoms. The molecule has 7 heteroatoms. The molecule has 0 aliphatic carbocycles. The maximum absolute atomic E-state index is 10.2. The standard InChI is InChI=1S/C17H25N5OS/c1-24-17(21-13-18)20-11-16(23)10-15-9-14(5-6-19-15)12-22-7-3-2-4-8-22/h5-6,9,16,23H,2-4,7-8,10-12H2,1H3,(H,20,21). The second kappa shape index (κ2) is 10.3. The molecule has 0 saturated carbocycles. The van der Waals surface area contributed by atoms with E-state index in [1.807, 2.05) is 24.7 Å². The molecule has 1 fully saturated rings. The zero-order valence-electron chi connectivity index (χ0n) is 14.1. The quantitative estimate of drug-likeness (QED) is 0.353. The first-order valence-corrected chi connectivity index (χ1v) is 9.51. The van der Waals surface area contributed by atoms with E-state index in [2.05, 4.69) is 26.3 Å². The molecule has 0 aromatic carbocycles. The van der Waals surface area contributed by atoms with Crippen LogP contribution in [0.1, 0.15) is 30.5 Å². The number of nitrogens with zero attached hydrogens (tertiary/aromatic N) is 4. The van der Waals surface area contributed by atoms with Gasteiger partial charge in [0.05, 0.1) is 12.6 Å². The number of piperidine rings is 1. The van der Waals surface area contributed by atoms with Gasteiger partial charge in [0.15, 0.2) is 11.4 Å². The minimum atomic E-state index is -0.606. The lowest BCUT2D eigenvalue weighted by atomic mass is 10.1. The lowest BCUT2D eigenvalue weighted by molar-refractivity contribution is 0.182. The third kappa shape index (κ3) is 6.48. The molecule has 130 valence electrons. The van der Waals surface area contributed by atoms with Crippen LogP contribution < -0.4 is 5.32 Å². The largest absolute Gasteiger partial charge is 0.391 e. The Labute approximate surface area is 148 Å². The highest BCUT2D eigenvalue weighted by atomic mass is 32.2. The summed E-state index contributed by atoms with van der Waals surface area (Å²) in [5.41, 5.74) is 2.12. The van der Waals surface area contributed by atoms with Crippen molar-refractivity contribution < 1.29 is 5.11 Å². The lowest BCUT2D eigenvalue weighted by Gasteiger charge is -2.26. The van der Waals surface area contributed by atoms with Crippen molar-refractivity contribution in [2.75, 3.05) is 25.9 Å². The van der Waals surface area contributed by atoms with Crippen LogP contribution in [-0.4, -0.2) is 52.2 Å². The third-order valence-corrected chi connectivity index (χ3v) is 4.60. The maximum atomic E-state index is 10.2. The Balaban J connectivity index is 1.87. The molecule has 0 bridgehead atoms. The molecule has 1 atom stereocenters. The van der Waals surface area contributed by atoms with Crippen LogP contribution in [0.4, 0.5) is 0 Å². The number of thioether (sulfide) groups is 1. The summed E-state index contributed by atoms with van der Waals surface area (Å²) < 4.78 is 0. The molecule has 2 heterocycles. The summed E-state index contributed by atoms with van der Waals surface area (Å²) in [5, 5.41) is 21.8. The van der Waals surface area contributed by atoms with E-state index in [1.54, 1.807) is 0 Å². The number of amidine groups is 1. The predicted molar refractivity (Wildman–Crippen MR) is 97.6 cm³/mol. The van der Waals surface area contributed by atoms with E-state index in [4.69, 9.17) is 5.26 Å². The van der Waals surface area contributed by atoms with Crippen molar-refractivity contribution in [2.45, 2.75) is 38.3 Å². The van der Waals surface area contributed by atoms with E-state index in [-0.39, 0.29) is 6.54 Å². The van der Waals surface area contributed by atoms with Gasteiger partial charge in [-0.15, -0.1) is 0 Å². The smallest absolute Gasteiger partial charge is 0.183 e. The van der Waals surface area contributed by atoms with Crippen LogP contribution in [0, 0.1) is 11.5 Å². The third-order valence-electron chi connectivity index (χ3n) is 3.98. The Morgan fingerprint density at radius 3 is 3.00 bits per heavy atom. The number of nitrogens with one attached hydrogen (secondary N) is 1. The number of aromatic nitrogens is 1. The fraction of sp³-hybridized carbons (Fsp3) is 0.588. The number of rotatable bonds is 6. The number of nitriles is 1. The normalized spacial score (nSPS) is 17.3. The minimum Gasteiger partial charge on any atom is -0.391 e. The first-order valence-electron chi connectivity index (χ1n) is 8.29. The van der Waals surface area contributed by atoms with Crippen molar-refractivity contribution in [1.29, 1.82) is 5.26 Å². The first kappa shape index (κ1) is 18.7. The zero-order chi connectivity index (χ0) is 17.2. The summed E-state index contributed by atoms with van der Waals surface area (Å²) in [6.07, 6.45) is 9.24. The second-order valence-corrected chi connectivity index (χ2v) is 6.73. The highest BCUT2D eigenvalue weighted by Crippen LogP contribution is 2.14. The van der Waals surface area contributed by atoms with Crippen LogP contribution in [0.5, 0.6) is 0 Å². The zero-order valence-corrected chi connectivity index (χ0v) is 14.9. The van der Waals surface area contributed by atoms with E-state index >= 15 is 0 Å². The van der Waals surface area contributed by atoms with Gasteiger partial charge in [-0.05, 0) is 49.9 Å². The summed E-state index contributed by atoms with van der Waals surface area (Å²) in [4.78, 5) is 11.0. The Morgan fingerprint density at radius 1 is 1.50 bits per heavy atom. The van der Waals surface area contributed by atoms with E-state index in [0.717, 1.165) is 12.2 Å². The highest BCUT2D eigenvalue weighted by molar-refractivity contribution is 8.13. The number of aliphatic hydroxyl groups excluding tert-OH is 1. The fourth-order valence-corrected chi connectivity index (χ4v) is 3.16. The molecule has 1 aliphatic rings. The van der Waals surface area contributed by atoms with E-state index in [1.165, 1.54) is 49.7 Å². The molecule has 0 radical (unpaired) electrons. The Bertz CT molecular complexity index is 581. The summed E-state index contributed by atoms with van der Waals surface area (Å²) in [5.74, 6) is 0. The van der Waals surface area contributed by atoms with Gasteiger partial charge in [0.2, 0.25) is 0 Å². The molecule has 1 aliphatic heterocycles. The molecule has 1 unspecified atom stereocenters. The summed E-state index contributed by atoms with van der Waals surface area (Å²) in [7, 11) is 0. The predicted octanol–water partition coefficient (Wildman–Crippen LogP) is 1.76. The molecule has 0 amide bonds. The average molecular weight is 347 g/mol. The number of aliphatic hydroxyl groups is 1. The average Bonchev–Trinajstić information content (AvgIpc) is 2.60. The molecular formula is C17H25N5OS. The van der Waals surface area contributed by atoms with Crippen molar-refractivity contribution >= 4 is 16.9 Å². The van der Waals surface area contributed by atoms with E-state index in [9.17, 15) is 5.11 Å². The maximum Gasteiger partial charge on any atom is 0.183 e. The molecule has 1 aromatic heterocycles. The van der Waals surface area contributed by atoms with Crippen LogP contribution in [0.15, 0.2) is 23.3 Å². The number of pyridine rings is 1. The minimum absolute atomic E-state index is 0.253.